The molecule has 1 amide bonds. The van der Waals surface area contributed by atoms with Crippen molar-refractivity contribution in [1.82, 2.24) is 10.3 Å². The standard InChI is InChI=1S/C24H25BN2O5/c1-14(2)22(24(29)31-13-18-10-8-16-6-4-5-7-20(16)26-18)27-23(28)19-11-9-17-12-32-25(30)21(17)15(19)3/h4-11,14,22,30H,12-13H2,1-3H3,(H,27,28). The van der Waals surface area contributed by atoms with E-state index in [4.69, 9.17) is 9.39 Å². The highest BCUT2D eigenvalue weighted by Gasteiger charge is 2.32. The quantitative estimate of drug-likeness (QED) is 0.458. The van der Waals surface area contributed by atoms with Gasteiger partial charge in [0, 0.05) is 10.9 Å². The summed E-state index contributed by atoms with van der Waals surface area (Å²) in [4.78, 5) is 30.3. The number of nitrogens with zero attached hydrogens (tertiary/aromatic N) is 1. The zero-order valence-corrected chi connectivity index (χ0v) is 18.3. The third-order valence-electron chi connectivity index (χ3n) is 5.72. The molecule has 1 aliphatic rings. The molecular weight excluding hydrogens is 407 g/mol. The van der Waals surface area contributed by atoms with Crippen molar-refractivity contribution in [1.29, 1.82) is 0 Å². The molecule has 1 unspecified atom stereocenters. The van der Waals surface area contributed by atoms with Gasteiger partial charge < -0.3 is 19.7 Å². The van der Waals surface area contributed by atoms with Crippen LogP contribution >= 0.6 is 0 Å². The maximum Gasteiger partial charge on any atom is 0.492 e. The van der Waals surface area contributed by atoms with Crippen LogP contribution in [0.3, 0.4) is 0 Å². The number of fused-ring (bicyclic) bond motifs is 2. The van der Waals surface area contributed by atoms with Gasteiger partial charge in [0.15, 0.2) is 0 Å². The van der Waals surface area contributed by atoms with Gasteiger partial charge in [-0.25, -0.2) is 9.78 Å². The minimum atomic E-state index is -1.04. The highest BCUT2D eigenvalue weighted by Crippen LogP contribution is 2.17. The Morgan fingerprint density at radius 2 is 1.97 bits per heavy atom. The van der Waals surface area contributed by atoms with Crippen LogP contribution in [0.1, 0.15) is 41.0 Å². The van der Waals surface area contributed by atoms with Gasteiger partial charge in [0.2, 0.25) is 0 Å². The summed E-state index contributed by atoms with van der Waals surface area (Å²) in [5, 5.41) is 13.8. The molecule has 0 aliphatic carbocycles. The van der Waals surface area contributed by atoms with E-state index in [1.807, 2.05) is 50.2 Å². The fourth-order valence-corrected chi connectivity index (χ4v) is 3.89. The van der Waals surface area contributed by atoms with Crippen LogP contribution in [0.2, 0.25) is 0 Å². The Labute approximate surface area is 186 Å². The van der Waals surface area contributed by atoms with Crippen LogP contribution in [0.4, 0.5) is 0 Å². The number of carbonyl (C=O) groups excluding carboxylic acids is 2. The van der Waals surface area contributed by atoms with Gasteiger partial charge in [0.1, 0.15) is 12.6 Å². The molecule has 1 aliphatic heterocycles. The predicted octanol–water partition coefficient (Wildman–Crippen LogP) is 2.26. The number of nitrogens with one attached hydrogen (secondary N) is 1. The predicted molar refractivity (Wildman–Crippen MR) is 121 cm³/mol. The fourth-order valence-electron chi connectivity index (χ4n) is 3.89. The fraction of sp³-hybridized carbons (Fsp3) is 0.292. The number of carbonyl (C=O) groups is 2. The van der Waals surface area contributed by atoms with Crippen LogP contribution in [-0.2, 0) is 27.4 Å². The average molecular weight is 432 g/mol. The molecule has 3 aromatic rings. The lowest BCUT2D eigenvalue weighted by molar-refractivity contribution is -0.148. The van der Waals surface area contributed by atoms with Crippen molar-refractivity contribution in [3.8, 4) is 0 Å². The number of benzene rings is 2. The molecule has 2 aromatic carbocycles. The van der Waals surface area contributed by atoms with Gasteiger partial charge in [-0.1, -0.05) is 44.2 Å². The molecule has 164 valence electrons. The van der Waals surface area contributed by atoms with E-state index in [0.717, 1.165) is 16.5 Å². The molecule has 32 heavy (non-hydrogen) atoms. The minimum absolute atomic E-state index is 0.0180. The van der Waals surface area contributed by atoms with Crippen molar-refractivity contribution in [2.24, 2.45) is 5.92 Å². The number of amides is 1. The molecule has 0 bridgehead atoms. The Kier molecular flexibility index (Phi) is 6.25. The smallest absolute Gasteiger partial charge is 0.458 e. The van der Waals surface area contributed by atoms with E-state index in [-0.39, 0.29) is 12.5 Å². The summed E-state index contributed by atoms with van der Waals surface area (Å²) in [6.07, 6.45) is 0. The second kappa shape index (κ2) is 9.10. The first kappa shape index (κ1) is 22.0. The van der Waals surface area contributed by atoms with Gasteiger partial charge in [-0.2, -0.15) is 0 Å². The molecule has 0 saturated carbocycles. The monoisotopic (exact) mass is 432 g/mol. The van der Waals surface area contributed by atoms with E-state index in [0.29, 0.717) is 28.9 Å². The van der Waals surface area contributed by atoms with Gasteiger partial charge in [0.05, 0.1) is 17.8 Å². The molecule has 0 fully saturated rings. The van der Waals surface area contributed by atoms with Crippen molar-refractivity contribution < 1.29 is 24.0 Å². The zero-order valence-electron chi connectivity index (χ0n) is 18.3. The van der Waals surface area contributed by atoms with Gasteiger partial charge >= 0.3 is 13.1 Å². The Balaban J connectivity index is 1.45. The Hall–Kier alpha value is -3.23. The first-order valence-electron chi connectivity index (χ1n) is 10.6. The summed E-state index contributed by atoms with van der Waals surface area (Å²) in [6.45, 7) is 5.77. The highest BCUT2D eigenvalue weighted by atomic mass is 16.5. The average Bonchev–Trinajstić information content (AvgIpc) is 3.17. The summed E-state index contributed by atoms with van der Waals surface area (Å²) < 4.78 is 10.7. The van der Waals surface area contributed by atoms with Gasteiger partial charge in [-0.3, -0.25) is 4.79 Å². The topological polar surface area (TPSA) is 97.8 Å². The van der Waals surface area contributed by atoms with E-state index in [1.165, 1.54) is 0 Å². The Morgan fingerprint density at radius 3 is 2.75 bits per heavy atom. The summed E-state index contributed by atoms with van der Waals surface area (Å²) in [5.74, 6) is -1.10. The molecule has 0 radical (unpaired) electrons. The second-order valence-corrected chi connectivity index (χ2v) is 8.27. The lowest BCUT2D eigenvalue weighted by atomic mass is 9.75. The summed E-state index contributed by atoms with van der Waals surface area (Å²) in [6, 6.07) is 14.1. The number of para-hydroxylation sites is 1. The normalized spacial score (nSPS) is 13.8. The molecule has 1 aromatic heterocycles. The molecule has 4 rings (SSSR count). The minimum Gasteiger partial charge on any atom is -0.458 e. The third-order valence-corrected chi connectivity index (χ3v) is 5.72. The lowest BCUT2D eigenvalue weighted by Gasteiger charge is -2.21. The number of rotatable bonds is 6. The highest BCUT2D eigenvalue weighted by molar-refractivity contribution is 6.62. The molecule has 8 heteroatoms. The number of hydrogen-bond donors (Lipinski definition) is 2. The van der Waals surface area contributed by atoms with Crippen molar-refractivity contribution in [3.05, 3.63) is 70.9 Å². The zero-order chi connectivity index (χ0) is 22.8. The third kappa shape index (κ3) is 4.37. The van der Waals surface area contributed by atoms with Crippen molar-refractivity contribution in [3.63, 3.8) is 0 Å². The van der Waals surface area contributed by atoms with E-state index < -0.39 is 25.0 Å². The summed E-state index contributed by atoms with van der Waals surface area (Å²) >= 11 is 0. The van der Waals surface area contributed by atoms with Crippen molar-refractivity contribution >= 4 is 35.4 Å². The van der Waals surface area contributed by atoms with Crippen LogP contribution in [0, 0.1) is 12.8 Å². The van der Waals surface area contributed by atoms with Crippen molar-refractivity contribution in [2.45, 2.75) is 40.0 Å². The molecule has 2 heterocycles. The van der Waals surface area contributed by atoms with E-state index >= 15 is 0 Å². The van der Waals surface area contributed by atoms with Gasteiger partial charge in [-0.15, -0.1) is 0 Å². The summed E-state index contributed by atoms with van der Waals surface area (Å²) in [5.41, 5.74) is 3.96. The lowest BCUT2D eigenvalue weighted by Crippen LogP contribution is -2.46. The number of esters is 1. The Morgan fingerprint density at radius 1 is 1.19 bits per heavy atom. The van der Waals surface area contributed by atoms with E-state index in [2.05, 4.69) is 10.3 Å². The molecule has 1 atom stereocenters. The van der Waals surface area contributed by atoms with Gasteiger partial charge in [-0.05, 0) is 47.6 Å². The van der Waals surface area contributed by atoms with E-state index in [1.54, 1.807) is 19.1 Å². The van der Waals surface area contributed by atoms with Crippen LogP contribution in [0.5, 0.6) is 0 Å². The molecular formula is C24H25BN2O5. The molecule has 2 N–H and O–H groups in total. The van der Waals surface area contributed by atoms with Crippen LogP contribution in [0.15, 0.2) is 48.5 Å². The molecule has 0 saturated heterocycles. The largest absolute Gasteiger partial charge is 0.492 e. The van der Waals surface area contributed by atoms with Crippen LogP contribution < -0.4 is 10.8 Å². The van der Waals surface area contributed by atoms with Crippen LogP contribution in [0.25, 0.3) is 10.9 Å². The van der Waals surface area contributed by atoms with Crippen molar-refractivity contribution in [2.75, 3.05) is 0 Å². The molecule has 0 spiro atoms. The maximum absolute atomic E-state index is 13.0. The first-order valence-corrected chi connectivity index (χ1v) is 10.6. The molecule has 7 nitrogen and oxygen atoms in total. The maximum atomic E-state index is 13.0. The second-order valence-electron chi connectivity index (χ2n) is 8.27. The number of pyridine rings is 1. The van der Waals surface area contributed by atoms with Gasteiger partial charge in [0.25, 0.3) is 5.91 Å². The first-order chi connectivity index (χ1) is 15.3. The summed E-state index contributed by atoms with van der Waals surface area (Å²) in [7, 11) is -1.04. The Bertz CT molecular complexity index is 1180. The SMILES string of the molecule is Cc1c(C(=O)NC(C(=O)OCc2ccc3ccccc3n2)C(C)C)ccc2c1B(O)OC2. The number of aromatic nitrogens is 1. The van der Waals surface area contributed by atoms with E-state index in [9.17, 15) is 14.6 Å². The number of ether oxygens (including phenoxy) is 1. The van der Waals surface area contributed by atoms with Crippen LogP contribution in [-0.4, -0.2) is 35.0 Å². The number of hydrogen-bond acceptors (Lipinski definition) is 6.